The Bertz CT molecular complexity index is 412. The van der Waals surface area contributed by atoms with Crippen LogP contribution < -0.4 is 5.32 Å². The third kappa shape index (κ3) is 2.86. The molecule has 1 saturated heterocycles. The van der Waals surface area contributed by atoms with Crippen LogP contribution in [0.25, 0.3) is 0 Å². The van der Waals surface area contributed by atoms with Gasteiger partial charge in [-0.15, -0.1) is 0 Å². The zero-order chi connectivity index (χ0) is 14.7. The largest absolute Gasteiger partial charge is 0.481 e. The first kappa shape index (κ1) is 14.6. The van der Waals surface area contributed by atoms with Crippen molar-refractivity contribution in [2.45, 2.75) is 44.2 Å². The number of hydrogen-bond acceptors (Lipinski definition) is 4. The molecule has 0 aromatic rings. The Kier molecular flexibility index (Phi) is 4.46. The molecule has 0 aromatic heterocycles. The molecule has 0 spiro atoms. The van der Waals surface area contributed by atoms with Gasteiger partial charge in [0.15, 0.2) is 0 Å². The molecule has 3 unspecified atom stereocenters. The molecule has 2 amide bonds. The number of aliphatic carboxylic acids is 1. The summed E-state index contributed by atoms with van der Waals surface area (Å²) in [6.45, 7) is 0.496. The van der Waals surface area contributed by atoms with Gasteiger partial charge in [0.25, 0.3) is 0 Å². The second kappa shape index (κ2) is 6.11. The number of carboxylic acid groups (broad SMARTS) is 1. The highest BCUT2D eigenvalue weighted by atomic mass is 16.5. The number of ether oxygens (including phenoxy) is 1. The van der Waals surface area contributed by atoms with Crippen molar-refractivity contribution in [3.8, 4) is 0 Å². The number of methoxy groups -OCH3 is 1. The molecule has 1 heterocycles. The van der Waals surface area contributed by atoms with E-state index in [1.54, 1.807) is 0 Å². The van der Waals surface area contributed by atoms with E-state index in [9.17, 15) is 14.4 Å². The fourth-order valence-electron chi connectivity index (χ4n) is 3.06. The van der Waals surface area contributed by atoms with E-state index in [-0.39, 0.29) is 12.1 Å². The number of hydrogen-bond donors (Lipinski definition) is 2. The molecule has 7 heteroatoms. The van der Waals surface area contributed by atoms with Gasteiger partial charge >= 0.3 is 18.0 Å². The summed E-state index contributed by atoms with van der Waals surface area (Å²) in [5, 5.41) is 11.9. The standard InChI is InChI=1S/C13H20N2O5/c1-20-12(18)10-6-3-7-15(10)13(19)14-9-5-2-4-8(9)11(16)17/h8-10H,2-7H2,1H3,(H,14,19)(H,16,17). The number of carbonyl (C=O) groups is 3. The van der Waals surface area contributed by atoms with Crippen LogP contribution in [0.15, 0.2) is 0 Å². The molecule has 0 aromatic carbocycles. The van der Waals surface area contributed by atoms with Crippen LogP contribution in [0.5, 0.6) is 0 Å². The van der Waals surface area contributed by atoms with Crippen molar-refractivity contribution >= 4 is 18.0 Å². The Labute approximate surface area is 117 Å². The number of esters is 1. The number of nitrogens with one attached hydrogen (secondary N) is 1. The summed E-state index contributed by atoms with van der Waals surface area (Å²) in [4.78, 5) is 36.4. The fraction of sp³-hybridized carbons (Fsp3) is 0.769. The van der Waals surface area contributed by atoms with E-state index in [0.29, 0.717) is 25.8 Å². The minimum absolute atomic E-state index is 0.348. The van der Waals surface area contributed by atoms with E-state index in [1.165, 1.54) is 12.0 Å². The SMILES string of the molecule is COC(=O)C1CCCN1C(=O)NC1CCCC1C(=O)O. The zero-order valence-electron chi connectivity index (χ0n) is 11.5. The van der Waals surface area contributed by atoms with E-state index < -0.39 is 23.9 Å². The number of rotatable bonds is 3. The number of likely N-dealkylation sites (tertiary alicyclic amines) is 1. The summed E-state index contributed by atoms with van der Waals surface area (Å²) < 4.78 is 4.69. The quantitative estimate of drug-likeness (QED) is 0.739. The summed E-state index contributed by atoms with van der Waals surface area (Å²) in [5.41, 5.74) is 0. The second-order valence-electron chi connectivity index (χ2n) is 5.31. The van der Waals surface area contributed by atoms with E-state index in [4.69, 9.17) is 5.11 Å². The van der Waals surface area contributed by atoms with E-state index in [2.05, 4.69) is 10.1 Å². The minimum Gasteiger partial charge on any atom is -0.481 e. The van der Waals surface area contributed by atoms with Gasteiger partial charge in [0.05, 0.1) is 13.0 Å². The van der Waals surface area contributed by atoms with Crippen molar-refractivity contribution in [3.63, 3.8) is 0 Å². The monoisotopic (exact) mass is 284 g/mol. The molecule has 2 rings (SSSR count). The molecule has 0 bridgehead atoms. The van der Waals surface area contributed by atoms with Gasteiger partial charge in [0.1, 0.15) is 6.04 Å². The topological polar surface area (TPSA) is 95.9 Å². The van der Waals surface area contributed by atoms with E-state index >= 15 is 0 Å². The Morgan fingerprint density at radius 1 is 1.20 bits per heavy atom. The third-order valence-electron chi connectivity index (χ3n) is 4.13. The molecule has 7 nitrogen and oxygen atoms in total. The lowest BCUT2D eigenvalue weighted by molar-refractivity contribution is -0.145. The third-order valence-corrected chi connectivity index (χ3v) is 4.13. The fourth-order valence-corrected chi connectivity index (χ4v) is 3.06. The lowest BCUT2D eigenvalue weighted by Gasteiger charge is -2.26. The molecule has 1 saturated carbocycles. The molecule has 0 radical (unpaired) electrons. The Hall–Kier alpha value is -1.79. The van der Waals surface area contributed by atoms with Gasteiger partial charge in [-0.25, -0.2) is 9.59 Å². The summed E-state index contributed by atoms with van der Waals surface area (Å²) in [7, 11) is 1.30. The first-order chi connectivity index (χ1) is 9.54. The predicted octanol–water partition coefficient (Wildman–Crippen LogP) is 0.587. The van der Waals surface area contributed by atoms with Crippen LogP contribution in [-0.2, 0) is 14.3 Å². The van der Waals surface area contributed by atoms with Gasteiger partial charge in [-0.2, -0.15) is 0 Å². The maximum Gasteiger partial charge on any atom is 0.328 e. The highest BCUT2D eigenvalue weighted by Crippen LogP contribution is 2.27. The number of amides is 2. The first-order valence-electron chi connectivity index (χ1n) is 6.92. The molecule has 2 N–H and O–H groups in total. The summed E-state index contributed by atoms with van der Waals surface area (Å²) in [6, 6.07) is -1.26. The minimum atomic E-state index is -0.876. The Morgan fingerprint density at radius 3 is 2.60 bits per heavy atom. The van der Waals surface area contributed by atoms with Crippen LogP contribution in [0, 0.1) is 5.92 Å². The molecule has 2 fully saturated rings. The zero-order valence-corrected chi connectivity index (χ0v) is 11.5. The van der Waals surface area contributed by atoms with Crippen molar-refractivity contribution in [2.75, 3.05) is 13.7 Å². The Balaban J connectivity index is 1.97. The molecular weight excluding hydrogens is 264 g/mol. The van der Waals surface area contributed by atoms with Gasteiger partial charge in [-0.05, 0) is 25.7 Å². The maximum absolute atomic E-state index is 12.2. The number of nitrogens with zero attached hydrogens (tertiary/aromatic N) is 1. The van der Waals surface area contributed by atoms with Crippen LogP contribution in [0.1, 0.15) is 32.1 Å². The lowest BCUT2D eigenvalue weighted by atomic mass is 10.0. The van der Waals surface area contributed by atoms with Crippen LogP contribution in [0.2, 0.25) is 0 Å². The molecule has 1 aliphatic heterocycles. The first-order valence-corrected chi connectivity index (χ1v) is 6.92. The molecule has 2 aliphatic rings. The van der Waals surface area contributed by atoms with Gasteiger partial charge < -0.3 is 20.1 Å². The van der Waals surface area contributed by atoms with Crippen molar-refractivity contribution < 1.29 is 24.2 Å². The maximum atomic E-state index is 12.2. The number of urea groups is 1. The highest BCUT2D eigenvalue weighted by molar-refractivity contribution is 5.84. The molecule has 3 atom stereocenters. The van der Waals surface area contributed by atoms with Crippen LogP contribution in [0.4, 0.5) is 4.79 Å². The summed E-state index contributed by atoms with van der Waals surface area (Å²) >= 11 is 0. The molecule has 1 aliphatic carbocycles. The van der Waals surface area contributed by atoms with E-state index in [1.807, 2.05) is 0 Å². The second-order valence-corrected chi connectivity index (χ2v) is 5.31. The average Bonchev–Trinajstić information content (AvgIpc) is 3.05. The van der Waals surface area contributed by atoms with Crippen LogP contribution in [-0.4, -0.2) is 53.7 Å². The average molecular weight is 284 g/mol. The van der Waals surface area contributed by atoms with Crippen molar-refractivity contribution in [1.82, 2.24) is 10.2 Å². The van der Waals surface area contributed by atoms with Gasteiger partial charge in [-0.3, -0.25) is 4.79 Å². The Morgan fingerprint density at radius 2 is 1.95 bits per heavy atom. The van der Waals surface area contributed by atoms with Crippen molar-refractivity contribution in [1.29, 1.82) is 0 Å². The van der Waals surface area contributed by atoms with Gasteiger partial charge in [0, 0.05) is 12.6 Å². The van der Waals surface area contributed by atoms with Crippen LogP contribution in [0.3, 0.4) is 0 Å². The summed E-state index contributed by atoms with van der Waals surface area (Å²) in [5.74, 6) is -1.82. The highest BCUT2D eigenvalue weighted by Gasteiger charge is 2.39. The number of carboxylic acids is 1. The lowest BCUT2D eigenvalue weighted by Crippen LogP contribution is -2.50. The van der Waals surface area contributed by atoms with E-state index in [0.717, 1.165) is 12.8 Å². The number of carbonyl (C=O) groups excluding carboxylic acids is 2. The van der Waals surface area contributed by atoms with Crippen molar-refractivity contribution in [2.24, 2.45) is 5.92 Å². The van der Waals surface area contributed by atoms with Gasteiger partial charge in [-0.1, -0.05) is 6.42 Å². The normalized spacial score (nSPS) is 29.2. The van der Waals surface area contributed by atoms with Crippen molar-refractivity contribution in [3.05, 3.63) is 0 Å². The molecule has 20 heavy (non-hydrogen) atoms. The summed E-state index contributed by atoms with van der Waals surface area (Å²) in [6.07, 6.45) is 3.38. The van der Waals surface area contributed by atoms with Crippen LogP contribution >= 0.6 is 0 Å². The molecule has 112 valence electrons. The molecular formula is C13H20N2O5. The predicted molar refractivity (Wildman–Crippen MR) is 69.0 cm³/mol. The van der Waals surface area contributed by atoms with Gasteiger partial charge in [0.2, 0.25) is 0 Å². The smallest absolute Gasteiger partial charge is 0.328 e.